The van der Waals surface area contributed by atoms with Gasteiger partial charge < -0.3 is 35.5 Å². The lowest BCUT2D eigenvalue weighted by molar-refractivity contribution is -0.790. The third-order valence-electron chi connectivity index (χ3n) is 4.17. The fourth-order valence-electron chi connectivity index (χ4n) is 2.53. The van der Waals surface area contributed by atoms with Gasteiger partial charge in [-0.3, -0.25) is 4.79 Å². The standard InChI is InChI=1S/C15H26N6O8.C2HF3O2/c22-15(23)14(8-12-9-17-11-19-12)18-7-3-6-16-5-2-1-4-13(29-21(26)27)10-28-20(24)25;3-2(4,5)1(6)7/h9,11,13-14,16,18H,1-8,10H2,(H,17,19)(H,22,23);(H,6,7)/t13-,14-;/m0./s1. The molecular formula is C17H27F3N6O10. The monoisotopic (exact) mass is 532 g/mol. The molecule has 5 N–H and O–H groups in total. The Balaban J connectivity index is 0.00000152. The Kier molecular flexibility index (Phi) is 15.8. The van der Waals surface area contributed by atoms with Crippen LogP contribution in [0, 0.1) is 20.2 Å². The number of halogens is 3. The van der Waals surface area contributed by atoms with Crippen LogP contribution >= 0.6 is 0 Å². The molecular weight excluding hydrogens is 505 g/mol. The Morgan fingerprint density at radius 2 is 1.75 bits per heavy atom. The van der Waals surface area contributed by atoms with Gasteiger partial charge in [-0.15, -0.1) is 20.2 Å². The lowest BCUT2D eigenvalue weighted by atomic mass is 10.1. The number of aromatic amines is 1. The van der Waals surface area contributed by atoms with E-state index in [2.05, 4.69) is 30.3 Å². The molecule has 2 atom stereocenters. The number of carboxylic acid groups (broad SMARTS) is 2. The largest absolute Gasteiger partial charge is 0.490 e. The molecule has 1 aromatic heterocycles. The number of imidazole rings is 1. The molecule has 0 aliphatic rings. The number of nitrogens with zero attached hydrogens (tertiary/aromatic N) is 3. The number of carbonyl (C=O) groups is 2. The van der Waals surface area contributed by atoms with Crippen molar-refractivity contribution in [1.82, 2.24) is 20.6 Å². The first-order valence-corrected chi connectivity index (χ1v) is 10.4. The van der Waals surface area contributed by atoms with Gasteiger partial charge in [0.25, 0.3) is 10.2 Å². The van der Waals surface area contributed by atoms with Gasteiger partial charge in [-0.25, -0.2) is 9.78 Å². The van der Waals surface area contributed by atoms with E-state index in [1.807, 2.05) is 0 Å². The number of aromatic nitrogens is 2. The molecule has 0 fully saturated rings. The summed E-state index contributed by atoms with van der Waals surface area (Å²) >= 11 is 0. The summed E-state index contributed by atoms with van der Waals surface area (Å²) in [4.78, 5) is 55.9. The van der Waals surface area contributed by atoms with E-state index in [1.54, 1.807) is 6.20 Å². The normalized spacial score (nSPS) is 12.5. The summed E-state index contributed by atoms with van der Waals surface area (Å²) in [7, 11) is 0. The quantitative estimate of drug-likeness (QED) is 0.0989. The molecule has 206 valence electrons. The van der Waals surface area contributed by atoms with Crippen molar-refractivity contribution < 1.29 is 52.8 Å². The number of H-pyrrole nitrogens is 1. The first-order valence-electron chi connectivity index (χ1n) is 10.4. The smallest absolute Gasteiger partial charge is 0.480 e. The average molecular weight is 532 g/mol. The van der Waals surface area contributed by atoms with Gasteiger partial charge in [0.05, 0.1) is 6.33 Å². The molecule has 0 amide bonds. The Bertz CT molecular complexity index is 797. The van der Waals surface area contributed by atoms with Crippen molar-refractivity contribution in [3.63, 3.8) is 0 Å². The molecule has 0 aliphatic carbocycles. The maximum absolute atomic E-state index is 11.3. The third kappa shape index (κ3) is 17.7. The van der Waals surface area contributed by atoms with E-state index in [4.69, 9.17) is 9.90 Å². The third-order valence-corrected chi connectivity index (χ3v) is 4.17. The zero-order chi connectivity index (χ0) is 27.6. The highest BCUT2D eigenvalue weighted by Crippen LogP contribution is 2.13. The number of hydrogen-bond acceptors (Lipinski definition) is 11. The lowest BCUT2D eigenvalue weighted by Crippen LogP contribution is -2.39. The summed E-state index contributed by atoms with van der Waals surface area (Å²) in [6.45, 7) is 1.35. The van der Waals surface area contributed by atoms with E-state index in [1.165, 1.54) is 6.33 Å². The molecule has 19 heteroatoms. The van der Waals surface area contributed by atoms with Crippen LogP contribution in [0.3, 0.4) is 0 Å². The maximum atomic E-state index is 11.3. The molecule has 1 aromatic rings. The number of unbranched alkanes of at least 4 members (excludes halogenated alkanes) is 1. The second-order valence-electron chi connectivity index (χ2n) is 7.00. The Morgan fingerprint density at radius 1 is 1.11 bits per heavy atom. The predicted molar refractivity (Wildman–Crippen MR) is 112 cm³/mol. The summed E-state index contributed by atoms with van der Waals surface area (Å²) in [5, 5.41) is 41.0. The van der Waals surface area contributed by atoms with Crippen molar-refractivity contribution in [2.24, 2.45) is 0 Å². The molecule has 0 spiro atoms. The van der Waals surface area contributed by atoms with Gasteiger partial charge in [0.1, 0.15) is 18.8 Å². The number of carboxylic acids is 2. The van der Waals surface area contributed by atoms with E-state index in [0.29, 0.717) is 38.9 Å². The van der Waals surface area contributed by atoms with E-state index < -0.39 is 47.0 Å². The molecule has 36 heavy (non-hydrogen) atoms. The van der Waals surface area contributed by atoms with E-state index in [-0.39, 0.29) is 6.42 Å². The molecule has 0 aliphatic heterocycles. The van der Waals surface area contributed by atoms with Crippen LogP contribution in [0.2, 0.25) is 0 Å². The van der Waals surface area contributed by atoms with Gasteiger partial charge in [-0.05, 0) is 45.3 Å². The minimum atomic E-state index is -5.08. The van der Waals surface area contributed by atoms with Gasteiger partial charge in [-0.2, -0.15) is 13.2 Å². The highest BCUT2D eigenvalue weighted by molar-refractivity contribution is 5.73. The van der Waals surface area contributed by atoms with Crippen LogP contribution in [0.4, 0.5) is 13.2 Å². The molecule has 0 saturated carbocycles. The number of aliphatic carboxylic acids is 2. The summed E-state index contributed by atoms with van der Waals surface area (Å²) in [5.74, 6) is -3.69. The molecule has 1 heterocycles. The summed E-state index contributed by atoms with van der Waals surface area (Å²) in [6.07, 6.45) is -0.429. The van der Waals surface area contributed by atoms with Crippen LogP contribution in [0.1, 0.15) is 31.4 Å². The SMILES string of the molecule is O=C(O)C(F)(F)F.O=C(O)[C@H](Cc1cnc[nH]1)NCCCNCCCC[C@@H](CO[N+](=O)[O-])O[N+](=O)[O-]. The molecule has 0 saturated heterocycles. The minimum absolute atomic E-state index is 0.256. The molecule has 0 radical (unpaired) electrons. The van der Waals surface area contributed by atoms with Crippen molar-refractivity contribution in [3.8, 4) is 0 Å². The Labute approximate surface area is 201 Å². The second-order valence-corrected chi connectivity index (χ2v) is 7.00. The number of rotatable bonds is 18. The molecule has 16 nitrogen and oxygen atoms in total. The minimum Gasteiger partial charge on any atom is -0.480 e. The van der Waals surface area contributed by atoms with Gasteiger partial charge in [0.15, 0.2) is 0 Å². The van der Waals surface area contributed by atoms with E-state index in [0.717, 1.165) is 12.1 Å². The topological polar surface area (TPSA) is 232 Å². The Hall–Kier alpha value is -3.74. The van der Waals surface area contributed by atoms with Crippen molar-refractivity contribution >= 4 is 11.9 Å². The van der Waals surface area contributed by atoms with E-state index >= 15 is 0 Å². The molecule has 1 rings (SSSR count). The van der Waals surface area contributed by atoms with Crippen molar-refractivity contribution in [2.45, 2.75) is 50.4 Å². The summed E-state index contributed by atoms with van der Waals surface area (Å²) in [6, 6.07) is -0.699. The first kappa shape index (κ1) is 32.3. The van der Waals surface area contributed by atoms with Gasteiger partial charge in [0.2, 0.25) is 0 Å². The average Bonchev–Trinajstić information content (AvgIpc) is 3.27. The van der Waals surface area contributed by atoms with Crippen LogP contribution in [0.5, 0.6) is 0 Å². The number of nitrogens with one attached hydrogen (secondary N) is 3. The number of alkyl halides is 3. The zero-order valence-electron chi connectivity index (χ0n) is 18.8. The maximum Gasteiger partial charge on any atom is 0.490 e. The zero-order valence-corrected chi connectivity index (χ0v) is 18.8. The van der Waals surface area contributed by atoms with Crippen LogP contribution in [-0.4, -0.2) is 86.9 Å². The number of hydrogen-bond donors (Lipinski definition) is 5. The van der Waals surface area contributed by atoms with Crippen molar-refractivity contribution in [2.75, 3.05) is 26.2 Å². The molecule has 0 unspecified atom stereocenters. The summed E-state index contributed by atoms with van der Waals surface area (Å²) < 4.78 is 31.7. The summed E-state index contributed by atoms with van der Waals surface area (Å²) in [5.41, 5.74) is 0.742. The van der Waals surface area contributed by atoms with Crippen LogP contribution in [0.25, 0.3) is 0 Å². The highest BCUT2D eigenvalue weighted by Gasteiger charge is 2.38. The van der Waals surface area contributed by atoms with Crippen LogP contribution in [-0.2, 0) is 25.7 Å². The Morgan fingerprint density at radius 3 is 2.25 bits per heavy atom. The van der Waals surface area contributed by atoms with Gasteiger partial charge >= 0.3 is 18.1 Å². The lowest BCUT2D eigenvalue weighted by Gasteiger charge is -2.14. The highest BCUT2D eigenvalue weighted by atomic mass is 19.4. The van der Waals surface area contributed by atoms with Crippen LogP contribution < -0.4 is 10.6 Å². The van der Waals surface area contributed by atoms with Gasteiger partial charge in [0, 0.05) is 18.3 Å². The van der Waals surface area contributed by atoms with Crippen molar-refractivity contribution in [3.05, 3.63) is 38.4 Å². The molecule has 0 aromatic carbocycles. The van der Waals surface area contributed by atoms with E-state index in [9.17, 15) is 43.3 Å². The predicted octanol–water partition coefficient (Wildman–Crippen LogP) is 0.564. The first-order chi connectivity index (χ1) is 16.8. The molecule has 0 bridgehead atoms. The second kappa shape index (κ2) is 17.7. The van der Waals surface area contributed by atoms with Gasteiger partial charge in [-0.1, -0.05) is 0 Å². The fraction of sp³-hybridized carbons (Fsp3) is 0.706. The van der Waals surface area contributed by atoms with Crippen LogP contribution in [0.15, 0.2) is 12.5 Å². The van der Waals surface area contributed by atoms with Crippen molar-refractivity contribution in [1.29, 1.82) is 0 Å². The fourth-order valence-corrected chi connectivity index (χ4v) is 2.53.